The van der Waals surface area contributed by atoms with Crippen molar-refractivity contribution in [1.82, 2.24) is 0 Å². The first-order valence-corrected chi connectivity index (χ1v) is 6.44. The summed E-state index contributed by atoms with van der Waals surface area (Å²) in [6.45, 7) is 5.62. The number of nitrogens with one attached hydrogen (secondary N) is 1. The number of anilines is 1. The number of rotatable bonds is 2. The first-order chi connectivity index (χ1) is 7.45. The van der Waals surface area contributed by atoms with Crippen LogP contribution in [-0.2, 0) is 4.79 Å². The van der Waals surface area contributed by atoms with Gasteiger partial charge in [0.2, 0.25) is 0 Å². The summed E-state index contributed by atoms with van der Waals surface area (Å²) in [6, 6.07) is 3.93. The Labute approximate surface area is 112 Å². The van der Waals surface area contributed by atoms with Crippen LogP contribution in [0.25, 0.3) is 0 Å². The van der Waals surface area contributed by atoms with Gasteiger partial charge < -0.3 is 5.32 Å². The van der Waals surface area contributed by atoms with Crippen molar-refractivity contribution < 1.29 is 4.79 Å². The highest BCUT2D eigenvalue weighted by Crippen LogP contribution is 2.32. The number of amides is 1. The van der Waals surface area contributed by atoms with Gasteiger partial charge in [-0.3, -0.25) is 4.79 Å². The second-order valence-electron chi connectivity index (χ2n) is 3.53. The third-order valence-corrected chi connectivity index (χ3v) is 3.47. The minimum atomic E-state index is -0.0900. The van der Waals surface area contributed by atoms with E-state index in [1.165, 1.54) is 0 Å². The second-order valence-corrected chi connectivity index (χ2v) is 5.24. The van der Waals surface area contributed by atoms with Crippen molar-refractivity contribution in [3.8, 4) is 0 Å². The molecule has 4 heteroatoms. The standard InChI is InChI=1S/C12H13Br2NO/c1-4-8(3)12(16)15-11-9(13)5-7(2)6-10(11)14/h4-6H,1-3H3,(H,15,16). The fourth-order valence-corrected chi connectivity index (χ4v) is 2.78. The summed E-state index contributed by atoms with van der Waals surface area (Å²) in [5, 5.41) is 2.86. The highest BCUT2D eigenvalue weighted by molar-refractivity contribution is 9.11. The second kappa shape index (κ2) is 5.64. The van der Waals surface area contributed by atoms with E-state index in [1.807, 2.05) is 26.0 Å². The van der Waals surface area contributed by atoms with Gasteiger partial charge in [-0.15, -0.1) is 0 Å². The zero-order chi connectivity index (χ0) is 12.3. The molecule has 1 aromatic carbocycles. The van der Waals surface area contributed by atoms with Crippen LogP contribution in [-0.4, -0.2) is 5.91 Å². The van der Waals surface area contributed by atoms with Crippen molar-refractivity contribution in [1.29, 1.82) is 0 Å². The fraction of sp³-hybridized carbons (Fsp3) is 0.250. The van der Waals surface area contributed by atoms with Gasteiger partial charge in [0, 0.05) is 14.5 Å². The van der Waals surface area contributed by atoms with Gasteiger partial charge in [0.1, 0.15) is 0 Å². The van der Waals surface area contributed by atoms with Crippen LogP contribution in [0.1, 0.15) is 19.4 Å². The van der Waals surface area contributed by atoms with E-state index in [9.17, 15) is 4.79 Å². The molecule has 0 fully saturated rings. The number of benzene rings is 1. The van der Waals surface area contributed by atoms with Crippen LogP contribution in [0.15, 0.2) is 32.7 Å². The molecule has 0 aliphatic carbocycles. The third-order valence-electron chi connectivity index (χ3n) is 2.22. The molecule has 0 aliphatic heterocycles. The smallest absolute Gasteiger partial charge is 0.251 e. The van der Waals surface area contributed by atoms with Crippen LogP contribution in [0.2, 0.25) is 0 Å². The summed E-state index contributed by atoms with van der Waals surface area (Å²) in [5.74, 6) is -0.0900. The maximum absolute atomic E-state index is 11.7. The van der Waals surface area contributed by atoms with Crippen LogP contribution in [0.5, 0.6) is 0 Å². The molecule has 0 spiro atoms. The van der Waals surface area contributed by atoms with Crippen molar-refractivity contribution in [3.05, 3.63) is 38.3 Å². The zero-order valence-corrected chi connectivity index (χ0v) is 12.6. The van der Waals surface area contributed by atoms with E-state index in [4.69, 9.17) is 0 Å². The van der Waals surface area contributed by atoms with Crippen molar-refractivity contribution in [2.45, 2.75) is 20.8 Å². The number of aryl methyl sites for hydroxylation is 1. The van der Waals surface area contributed by atoms with Gasteiger partial charge in [-0.25, -0.2) is 0 Å². The largest absolute Gasteiger partial charge is 0.320 e. The van der Waals surface area contributed by atoms with Crippen molar-refractivity contribution in [2.24, 2.45) is 0 Å². The molecule has 1 N–H and O–H groups in total. The van der Waals surface area contributed by atoms with Gasteiger partial charge in [0.15, 0.2) is 0 Å². The molecule has 86 valence electrons. The first kappa shape index (κ1) is 13.5. The SMILES string of the molecule is CC=C(C)C(=O)Nc1c(Br)cc(C)cc1Br. The zero-order valence-electron chi connectivity index (χ0n) is 9.40. The van der Waals surface area contributed by atoms with Crippen molar-refractivity contribution >= 4 is 43.5 Å². The van der Waals surface area contributed by atoms with Gasteiger partial charge in [-0.1, -0.05) is 6.08 Å². The molecule has 0 saturated carbocycles. The lowest BCUT2D eigenvalue weighted by atomic mass is 10.2. The molecule has 1 rings (SSSR count). The summed E-state index contributed by atoms with van der Waals surface area (Å²) < 4.78 is 1.74. The lowest BCUT2D eigenvalue weighted by Gasteiger charge is -2.10. The number of hydrogen-bond donors (Lipinski definition) is 1. The van der Waals surface area contributed by atoms with Crippen LogP contribution >= 0.6 is 31.9 Å². The predicted molar refractivity (Wildman–Crippen MR) is 74.6 cm³/mol. The van der Waals surface area contributed by atoms with E-state index in [-0.39, 0.29) is 5.91 Å². The Morgan fingerprint density at radius 2 is 1.81 bits per heavy atom. The highest BCUT2D eigenvalue weighted by atomic mass is 79.9. The molecule has 0 radical (unpaired) electrons. The molecule has 0 unspecified atom stereocenters. The molecular formula is C12H13Br2NO. The maximum Gasteiger partial charge on any atom is 0.251 e. The van der Waals surface area contributed by atoms with Gasteiger partial charge in [-0.05, 0) is 70.3 Å². The molecule has 0 atom stereocenters. The number of carbonyl (C=O) groups excluding carboxylic acids is 1. The van der Waals surface area contributed by atoms with Crippen LogP contribution in [0.4, 0.5) is 5.69 Å². The third kappa shape index (κ3) is 3.19. The fourth-order valence-electron chi connectivity index (χ4n) is 1.16. The Morgan fingerprint density at radius 3 is 2.25 bits per heavy atom. The molecule has 1 amide bonds. The average molecular weight is 347 g/mol. The molecule has 0 heterocycles. The van der Waals surface area contributed by atoms with E-state index in [0.29, 0.717) is 5.57 Å². The molecule has 1 aromatic rings. The highest BCUT2D eigenvalue weighted by Gasteiger charge is 2.10. The van der Waals surface area contributed by atoms with Crippen LogP contribution < -0.4 is 5.32 Å². The first-order valence-electron chi connectivity index (χ1n) is 4.85. The molecule has 0 aromatic heterocycles. The number of allylic oxidation sites excluding steroid dienone is 1. The van der Waals surface area contributed by atoms with Gasteiger partial charge in [-0.2, -0.15) is 0 Å². The van der Waals surface area contributed by atoms with E-state index >= 15 is 0 Å². The van der Waals surface area contributed by atoms with Crippen LogP contribution in [0.3, 0.4) is 0 Å². The summed E-state index contributed by atoms with van der Waals surface area (Å²) in [7, 11) is 0. The lowest BCUT2D eigenvalue weighted by molar-refractivity contribution is -0.112. The maximum atomic E-state index is 11.7. The summed E-state index contributed by atoms with van der Waals surface area (Å²) >= 11 is 6.87. The summed E-state index contributed by atoms with van der Waals surface area (Å²) in [4.78, 5) is 11.7. The average Bonchev–Trinajstić information content (AvgIpc) is 2.21. The normalized spacial score (nSPS) is 11.4. The Bertz CT molecular complexity index is 429. The van der Waals surface area contributed by atoms with E-state index in [1.54, 1.807) is 13.0 Å². The van der Waals surface area contributed by atoms with E-state index < -0.39 is 0 Å². The molecule has 2 nitrogen and oxygen atoms in total. The Morgan fingerprint density at radius 1 is 1.31 bits per heavy atom. The Kier molecular flexibility index (Phi) is 4.74. The quantitative estimate of drug-likeness (QED) is 0.789. The van der Waals surface area contributed by atoms with E-state index in [0.717, 1.165) is 20.2 Å². The summed E-state index contributed by atoms with van der Waals surface area (Å²) in [6.07, 6.45) is 1.78. The molecule has 0 saturated heterocycles. The monoisotopic (exact) mass is 345 g/mol. The summed E-state index contributed by atoms with van der Waals surface area (Å²) in [5.41, 5.74) is 2.58. The lowest BCUT2D eigenvalue weighted by Crippen LogP contribution is -2.13. The predicted octanol–water partition coefficient (Wildman–Crippen LogP) is 4.42. The minimum Gasteiger partial charge on any atom is -0.320 e. The number of halogens is 2. The van der Waals surface area contributed by atoms with Crippen LogP contribution in [0, 0.1) is 6.92 Å². The Balaban J connectivity index is 3.03. The number of carbonyl (C=O) groups is 1. The minimum absolute atomic E-state index is 0.0900. The van der Waals surface area contributed by atoms with Gasteiger partial charge in [0.05, 0.1) is 5.69 Å². The molecule has 0 aliphatic rings. The molecule has 16 heavy (non-hydrogen) atoms. The Hall–Kier alpha value is -0.610. The van der Waals surface area contributed by atoms with E-state index in [2.05, 4.69) is 37.2 Å². The van der Waals surface area contributed by atoms with Crippen molar-refractivity contribution in [2.75, 3.05) is 5.32 Å². The topological polar surface area (TPSA) is 29.1 Å². The van der Waals surface area contributed by atoms with Gasteiger partial charge >= 0.3 is 0 Å². The van der Waals surface area contributed by atoms with Gasteiger partial charge in [0.25, 0.3) is 5.91 Å². The molecule has 0 bridgehead atoms. The molecular weight excluding hydrogens is 334 g/mol. The number of hydrogen-bond acceptors (Lipinski definition) is 1. The van der Waals surface area contributed by atoms with Crippen molar-refractivity contribution in [3.63, 3.8) is 0 Å².